The predicted molar refractivity (Wildman–Crippen MR) is 48.7 cm³/mol. The van der Waals surface area contributed by atoms with E-state index in [1.165, 1.54) is 0 Å². The van der Waals surface area contributed by atoms with Crippen LogP contribution in [-0.4, -0.2) is 22.4 Å². The number of hydrogen-bond acceptors (Lipinski definition) is 2. The van der Waals surface area contributed by atoms with Crippen molar-refractivity contribution in [2.75, 3.05) is 0 Å². The van der Waals surface area contributed by atoms with Crippen LogP contribution >= 0.6 is 0 Å². The van der Waals surface area contributed by atoms with Crippen molar-refractivity contribution in [1.29, 1.82) is 0 Å². The van der Waals surface area contributed by atoms with Crippen molar-refractivity contribution in [1.82, 2.24) is 0 Å². The molecule has 1 saturated carbocycles. The Bertz CT molecular complexity index is 145. The maximum atomic E-state index is 9.73. The molecule has 0 heterocycles. The molecule has 0 amide bonds. The molecule has 12 heavy (non-hydrogen) atoms. The van der Waals surface area contributed by atoms with E-state index in [2.05, 4.69) is 13.8 Å². The van der Waals surface area contributed by atoms with Crippen molar-refractivity contribution < 1.29 is 10.2 Å². The summed E-state index contributed by atoms with van der Waals surface area (Å²) in [5.74, 6) is 1.02. The van der Waals surface area contributed by atoms with Crippen molar-refractivity contribution in [3.05, 3.63) is 0 Å². The lowest BCUT2D eigenvalue weighted by Crippen LogP contribution is -2.44. The zero-order chi connectivity index (χ0) is 9.30. The molecule has 1 aliphatic rings. The van der Waals surface area contributed by atoms with Gasteiger partial charge in [-0.3, -0.25) is 0 Å². The molecule has 0 aromatic carbocycles. The third-order valence-corrected chi connectivity index (χ3v) is 3.18. The molecule has 2 N–H and O–H groups in total. The summed E-state index contributed by atoms with van der Waals surface area (Å²) in [7, 11) is 0. The lowest BCUT2D eigenvalue weighted by atomic mass is 9.74. The predicted octanol–water partition coefficient (Wildman–Crippen LogP) is 1.41. The number of aliphatic hydroxyl groups excluding tert-OH is 2. The van der Waals surface area contributed by atoms with Crippen LogP contribution in [0.5, 0.6) is 0 Å². The molecule has 0 bridgehead atoms. The molecular formula is C10H20O2. The van der Waals surface area contributed by atoms with Gasteiger partial charge in [0, 0.05) is 0 Å². The summed E-state index contributed by atoms with van der Waals surface area (Å²) in [6.07, 6.45) is 1.08. The van der Waals surface area contributed by atoms with Gasteiger partial charge in [-0.25, -0.2) is 0 Å². The zero-order valence-corrected chi connectivity index (χ0v) is 8.20. The van der Waals surface area contributed by atoms with Crippen LogP contribution in [0.4, 0.5) is 0 Å². The van der Waals surface area contributed by atoms with E-state index < -0.39 is 12.2 Å². The van der Waals surface area contributed by atoms with Crippen LogP contribution < -0.4 is 0 Å². The molecule has 0 unspecified atom stereocenters. The Morgan fingerprint density at radius 1 is 1.08 bits per heavy atom. The molecule has 0 saturated heterocycles. The van der Waals surface area contributed by atoms with Crippen molar-refractivity contribution in [2.45, 2.75) is 45.8 Å². The standard InChI is InChI=1S/C10H20O2/c1-6(2)8-5-4-7(3)9(11)10(8)12/h6-12H,4-5H2,1-3H3/t7-,8+,9+,10+/m1/s1. The molecule has 1 aliphatic carbocycles. The summed E-state index contributed by atoms with van der Waals surface area (Å²) < 4.78 is 0. The quantitative estimate of drug-likeness (QED) is 0.628. The summed E-state index contributed by atoms with van der Waals surface area (Å²) in [4.78, 5) is 0. The van der Waals surface area contributed by atoms with Gasteiger partial charge in [0.1, 0.15) is 0 Å². The van der Waals surface area contributed by atoms with E-state index in [-0.39, 0.29) is 11.8 Å². The van der Waals surface area contributed by atoms with Gasteiger partial charge in [-0.2, -0.15) is 0 Å². The summed E-state index contributed by atoms with van der Waals surface area (Å²) in [5, 5.41) is 19.3. The smallest absolute Gasteiger partial charge is 0.0832 e. The molecule has 2 nitrogen and oxygen atoms in total. The molecule has 2 heteroatoms. The van der Waals surface area contributed by atoms with Crippen LogP contribution in [0.1, 0.15) is 33.6 Å². The number of rotatable bonds is 1. The third kappa shape index (κ3) is 1.80. The molecule has 0 aliphatic heterocycles. The van der Waals surface area contributed by atoms with E-state index in [0.29, 0.717) is 5.92 Å². The minimum atomic E-state index is -0.508. The summed E-state index contributed by atoms with van der Waals surface area (Å²) >= 11 is 0. The average Bonchev–Trinajstić information content (AvgIpc) is 2.00. The van der Waals surface area contributed by atoms with Gasteiger partial charge in [-0.1, -0.05) is 20.8 Å². The molecule has 1 fully saturated rings. The van der Waals surface area contributed by atoms with E-state index >= 15 is 0 Å². The van der Waals surface area contributed by atoms with Gasteiger partial charge in [0.25, 0.3) is 0 Å². The van der Waals surface area contributed by atoms with Gasteiger partial charge in [-0.15, -0.1) is 0 Å². The Kier molecular flexibility index (Phi) is 3.13. The Labute approximate surface area is 74.6 Å². The normalized spacial score (nSPS) is 43.5. The summed E-state index contributed by atoms with van der Waals surface area (Å²) in [6.45, 7) is 6.22. The first-order chi connectivity index (χ1) is 5.54. The minimum absolute atomic E-state index is 0.259. The van der Waals surface area contributed by atoms with Crippen LogP contribution in [-0.2, 0) is 0 Å². The Balaban J connectivity index is 2.58. The van der Waals surface area contributed by atoms with E-state index in [1.54, 1.807) is 0 Å². The van der Waals surface area contributed by atoms with Gasteiger partial charge < -0.3 is 10.2 Å². The van der Waals surface area contributed by atoms with Crippen molar-refractivity contribution in [3.63, 3.8) is 0 Å². The summed E-state index contributed by atoms with van der Waals surface area (Å²) in [6, 6.07) is 0. The first-order valence-corrected chi connectivity index (χ1v) is 4.90. The highest BCUT2D eigenvalue weighted by molar-refractivity contribution is 4.86. The SMILES string of the molecule is CC(C)[C@@H]1CC[C@@H](C)[C@H](O)[C@H]1O. The molecular weight excluding hydrogens is 152 g/mol. The van der Waals surface area contributed by atoms with Gasteiger partial charge in [-0.05, 0) is 30.6 Å². The van der Waals surface area contributed by atoms with Crippen molar-refractivity contribution in [2.24, 2.45) is 17.8 Å². The third-order valence-electron chi connectivity index (χ3n) is 3.18. The molecule has 0 spiro atoms. The van der Waals surface area contributed by atoms with Crippen LogP contribution in [0.2, 0.25) is 0 Å². The van der Waals surface area contributed by atoms with Crippen LogP contribution in [0.25, 0.3) is 0 Å². The molecule has 0 aromatic rings. The second-order valence-electron chi connectivity index (χ2n) is 4.44. The number of aliphatic hydroxyl groups is 2. The second-order valence-corrected chi connectivity index (χ2v) is 4.44. The monoisotopic (exact) mass is 172 g/mol. The lowest BCUT2D eigenvalue weighted by molar-refractivity contribution is -0.0832. The van der Waals surface area contributed by atoms with Crippen LogP contribution in [0, 0.1) is 17.8 Å². The second kappa shape index (κ2) is 3.75. The van der Waals surface area contributed by atoms with E-state index in [0.717, 1.165) is 12.8 Å². The molecule has 4 atom stereocenters. The van der Waals surface area contributed by atoms with Crippen molar-refractivity contribution >= 4 is 0 Å². The number of hydrogen-bond donors (Lipinski definition) is 2. The molecule has 0 radical (unpaired) electrons. The Morgan fingerprint density at radius 3 is 2.17 bits per heavy atom. The Morgan fingerprint density at radius 2 is 1.67 bits per heavy atom. The Hall–Kier alpha value is -0.0800. The summed E-state index contributed by atoms with van der Waals surface area (Å²) in [5.41, 5.74) is 0. The van der Waals surface area contributed by atoms with Crippen LogP contribution in [0.3, 0.4) is 0 Å². The largest absolute Gasteiger partial charge is 0.390 e. The fourth-order valence-electron chi connectivity index (χ4n) is 2.11. The maximum absolute atomic E-state index is 9.73. The van der Waals surface area contributed by atoms with Gasteiger partial charge in [0.05, 0.1) is 12.2 Å². The molecule has 1 rings (SSSR count). The van der Waals surface area contributed by atoms with Gasteiger partial charge in [0.2, 0.25) is 0 Å². The van der Waals surface area contributed by atoms with Gasteiger partial charge in [0.15, 0.2) is 0 Å². The fraction of sp³-hybridized carbons (Fsp3) is 1.00. The zero-order valence-electron chi connectivity index (χ0n) is 8.20. The first kappa shape index (κ1) is 10.0. The van der Waals surface area contributed by atoms with E-state index in [4.69, 9.17) is 0 Å². The maximum Gasteiger partial charge on any atom is 0.0832 e. The minimum Gasteiger partial charge on any atom is -0.390 e. The van der Waals surface area contributed by atoms with E-state index in [1.807, 2.05) is 6.92 Å². The van der Waals surface area contributed by atoms with Crippen molar-refractivity contribution in [3.8, 4) is 0 Å². The van der Waals surface area contributed by atoms with E-state index in [9.17, 15) is 10.2 Å². The van der Waals surface area contributed by atoms with Crippen LogP contribution in [0.15, 0.2) is 0 Å². The molecule has 0 aromatic heterocycles. The topological polar surface area (TPSA) is 40.5 Å². The van der Waals surface area contributed by atoms with Gasteiger partial charge >= 0.3 is 0 Å². The highest BCUT2D eigenvalue weighted by atomic mass is 16.3. The first-order valence-electron chi connectivity index (χ1n) is 4.90. The molecule has 72 valence electrons. The highest BCUT2D eigenvalue weighted by Crippen LogP contribution is 2.33. The average molecular weight is 172 g/mol. The lowest BCUT2D eigenvalue weighted by Gasteiger charge is -2.38. The highest BCUT2D eigenvalue weighted by Gasteiger charge is 2.36. The fourth-order valence-corrected chi connectivity index (χ4v) is 2.11.